The summed E-state index contributed by atoms with van der Waals surface area (Å²) >= 11 is 1.18. The van der Waals surface area contributed by atoms with E-state index < -0.39 is 0 Å². The Morgan fingerprint density at radius 1 is 1.16 bits per heavy atom. The number of unbranched alkanes of at least 4 members (excludes halogenated alkanes) is 1. The van der Waals surface area contributed by atoms with E-state index in [-0.39, 0.29) is 30.3 Å². The van der Waals surface area contributed by atoms with Crippen molar-refractivity contribution in [2.24, 2.45) is 0 Å². The Bertz CT molecular complexity index is 952. The lowest BCUT2D eigenvalue weighted by Gasteiger charge is -2.09. The van der Waals surface area contributed by atoms with Crippen molar-refractivity contribution in [3.8, 4) is 11.5 Å². The van der Waals surface area contributed by atoms with Crippen molar-refractivity contribution in [2.45, 2.75) is 24.3 Å². The molecule has 1 aromatic heterocycles. The summed E-state index contributed by atoms with van der Waals surface area (Å²) in [5, 5.41) is 6.07. The van der Waals surface area contributed by atoms with E-state index in [4.69, 9.17) is 9.47 Å². The van der Waals surface area contributed by atoms with Crippen LogP contribution in [0.4, 0.5) is 5.69 Å². The number of thioether (sulfide) groups is 1. The minimum atomic E-state index is -0.273. The lowest BCUT2D eigenvalue weighted by atomic mass is 10.2. The smallest absolute Gasteiger partial charge is 0.305 e. The van der Waals surface area contributed by atoms with Gasteiger partial charge in [0.2, 0.25) is 12.7 Å². The first-order valence-electron chi connectivity index (χ1n) is 9.69. The number of benzene rings is 1. The topological polar surface area (TPSA) is 116 Å². The summed E-state index contributed by atoms with van der Waals surface area (Å²) in [6.07, 6.45) is 3.17. The molecule has 2 amide bonds. The number of nitrogens with zero attached hydrogens (tertiary/aromatic N) is 1. The standard InChI is InChI=1S/C21H23N3O6S/c1-28-19(26)6-2-3-9-22-20(27)15-5-4-10-23-21(15)31-12-18(25)24-14-7-8-16-17(11-14)30-13-29-16/h4-5,7-8,10-11H,2-3,6,9,12-13H2,1H3,(H,22,27)(H,24,25). The van der Waals surface area contributed by atoms with E-state index in [0.29, 0.717) is 53.6 Å². The van der Waals surface area contributed by atoms with Gasteiger partial charge in [0.25, 0.3) is 5.91 Å². The number of fused-ring (bicyclic) bond motifs is 1. The van der Waals surface area contributed by atoms with Crippen LogP contribution < -0.4 is 20.1 Å². The summed E-state index contributed by atoms with van der Waals surface area (Å²) in [6.45, 7) is 0.595. The Labute approximate surface area is 183 Å². The van der Waals surface area contributed by atoms with Crippen molar-refractivity contribution in [2.75, 3.05) is 31.5 Å². The number of anilines is 1. The third-order valence-corrected chi connectivity index (χ3v) is 5.34. The van der Waals surface area contributed by atoms with Gasteiger partial charge in [0, 0.05) is 30.9 Å². The molecule has 1 aliphatic rings. The van der Waals surface area contributed by atoms with Gasteiger partial charge in [-0.05, 0) is 37.1 Å². The van der Waals surface area contributed by atoms with Crippen molar-refractivity contribution < 1.29 is 28.6 Å². The van der Waals surface area contributed by atoms with Crippen LogP contribution in [-0.4, -0.2) is 49.0 Å². The number of rotatable bonds is 10. The maximum absolute atomic E-state index is 12.5. The summed E-state index contributed by atoms with van der Waals surface area (Å²) in [5.41, 5.74) is 0.997. The van der Waals surface area contributed by atoms with Gasteiger partial charge in [0.15, 0.2) is 11.5 Å². The van der Waals surface area contributed by atoms with Crippen LogP contribution in [-0.2, 0) is 14.3 Å². The predicted molar refractivity (Wildman–Crippen MR) is 114 cm³/mol. The van der Waals surface area contributed by atoms with Crippen LogP contribution in [0.1, 0.15) is 29.6 Å². The number of pyridine rings is 1. The fourth-order valence-electron chi connectivity index (χ4n) is 2.78. The molecule has 1 aromatic carbocycles. The molecule has 2 heterocycles. The molecule has 0 radical (unpaired) electrons. The van der Waals surface area contributed by atoms with E-state index >= 15 is 0 Å². The summed E-state index contributed by atoms with van der Waals surface area (Å²) in [7, 11) is 1.35. The second kappa shape index (κ2) is 11.2. The number of nitrogens with one attached hydrogen (secondary N) is 2. The minimum absolute atomic E-state index is 0.0882. The molecule has 1 aliphatic heterocycles. The van der Waals surface area contributed by atoms with Crippen LogP contribution in [0.15, 0.2) is 41.6 Å². The van der Waals surface area contributed by atoms with Crippen LogP contribution in [0, 0.1) is 0 Å². The highest BCUT2D eigenvalue weighted by atomic mass is 32.2. The summed E-state index contributed by atoms with van der Waals surface area (Å²) in [6, 6.07) is 8.50. The van der Waals surface area contributed by atoms with E-state index in [0.717, 1.165) is 0 Å². The predicted octanol–water partition coefficient (Wildman–Crippen LogP) is 2.61. The zero-order chi connectivity index (χ0) is 22.1. The van der Waals surface area contributed by atoms with Gasteiger partial charge in [0.1, 0.15) is 5.03 Å². The van der Waals surface area contributed by atoms with Gasteiger partial charge >= 0.3 is 5.97 Å². The molecule has 3 rings (SSSR count). The quantitative estimate of drug-likeness (QED) is 0.326. The third-order valence-electron chi connectivity index (χ3n) is 4.33. The van der Waals surface area contributed by atoms with Crippen LogP contribution in [0.25, 0.3) is 0 Å². The van der Waals surface area contributed by atoms with E-state index in [1.54, 1.807) is 36.5 Å². The Morgan fingerprint density at radius 3 is 2.84 bits per heavy atom. The van der Waals surface area contributed by atoms with E-state index in [9.17, 15) is 14.4 Å². The highest BCUT2D eigenvalue weighted by Gasteiger charge is 2.16. The number of amides is 2. The molecule has 2 N–H and O–H groups in total. The first-order valence-corrected chi connectivity index (χ1v) is 10.7. The average molecular weight is 445 g/mol. The number of methoxy groups -OCH3 is 1. The Hall–Kier alpha value is -3.27. The maximum atomic E-state index is 12.5. The molecule has 164 valence electrons. The molecule has 0 spiro atoms. The summed E-state index contributed by atoms with van der Waals surface area (Å²) < 4.78 is 15.1. The van der Waals surface area contributed by atoms with E-state index in [1.165, 1.54) is 18.9 Å². The fraction of sp³-hybridized carbons (Fsp3) is 0.333. The normalized spacial score (nSPS) is 11.6. The Kier molecular flexibility index (Phi) is 8.11. The van der Waals surface area contributed by atoms with Gasteiger partial charge in [0.05, 0.1) is 18.4 Å². The maximum Gasteiger partial charge on any atom is 0.305 e. The number of hydrogen-bond acceptors (Lipinski definition) is 8. The molecule has 31 heavy (non-hydrogen) atoms. The molecule has 0 aliphatic carbocycles. The molecule has 0 fully saturated rings. The molecule has 2 aromatic rings. The largest absolute Gasteiger partial charge is 0.469 e. The van der Waals surface area contributed by atoms with Gasteiger partial charge in [-0.25, -0.2) is 4.98 Å². The van der Waals surface area contributed by atoms with Crippen LogP contribution in [0.3, 0.4) is 0 Å². The Morgan fingerprint density at radius 2 is 2.00 bits per heavy atom. The molecule has 0 saturated heterocycles. The third kappa shape index (κ3) is 6.61. The average Bonchev–Trinajstić information content (AvgIpc) is 3.25. The van der Waals surface area contributed by atoms with Crippen LogP contribution in [0.2, 0.25) is 0 Å². The van der Waals surface area contributed by atoms with Gasteiger partial charge in [-0.2, -0.15) is 0 Å². The first-order chi connectivity index (χ1) is 15.1. The number of hydrogen-bond donors (Lipinski definition) is 2. The second-order valence-corrected chi connectivity index (χ2v) is 7.51. The summed E-state index contributed by atoms with van der Waals surface area (Å²) in [5.74, 6) is 0.539. The van der Waals surface area contributed by atoms with Crippen molar-refractivity contribution in [3.05, 3.63) is 42.1 Å². The van der Waals surface area contributed by atoms with Gasteiger partial charge in [-0.15, -0.1) is 0 Å². The zero-order valence-electron chi connectivity index (χ0n) is 17.0. The zero-order valence-corrected chi connectivity index (χ0v) is 17.8. The SMILES string of the molecule is COC(=O)CCCCNC(=O)c1cccnc1SCC(=O)Nc1ccc2c(c1)OCO2. The van der Waals surface area contributed by atoms with E-state index in [2.05, 4.69) is 20.4 Å². The lowest BCUT2D eigenvalue weighted by molar-refractivity contribution is -0.140. The van der Waals surface area contributed by atoms with Crippen molar-refractivity contribution >= 4 is 35.2 Å². The van der Waals surface area contributed by atoms with Crippen LogP contribution in [0.5, 0.6) is 11.5 Å². The molecular weight excluding hydrogens is 422 g/mol. The number of aromatic nitrogens is 1. The van der Waals surface area contributed by atoms with Crippen LogP contribution >= 0.6 is 11.8 Å². The van der Waals surface area contributed by atoms with Gasteiger partial charge in [-0.3, -0.25) is 14.4 Å². The van der Waals surface area contributed by atoms with Crippen molar-refractivity contribution in [3.63, 3.8) is 0 Å². The van der Waals surface area contributed by atoms with Gasteiger partial charge in [-0.1, -0.05) is 11.8 Å². The number of carbonyl (C=O) groups excluding carboxylic acids is 3. The molecular formula is C21H23N3O6S. The molecule has 9 nitrogen and oxygen atoms in total. The highest BCUT2D eigenvalue weighted by Crippen LogP contribution is 2.34. The minimum Gasteiger partial charge on any atom is -0.469 e. The Balaban J connectivity index is 1.47. The van der Waals surface area contributed by atoms with Crippen molar-refractivity contribution in [1.29, 1.82) is 0 Å². The fourth-order valence-corrected chi connectivity index (χ4v) is 3.57. The van der Waals surface area contributed by atoms with Gasteiger partial charge < -0.3 is 24.8 Å². The molecule has 0 unspecified atom stereocenters. The highest BCUT2D eigenvalue weighted by molar-refractivity contribution is 8.00. The van der Waals surface area contributed by atoms with Crippen molar-refractivity contribution in [1.82, 2.24) is 10.3 Å². The molecule has 0 atom stereocenters. The molecule has 0 saturated carbocycles. The lowest BCUT2D eigenvalue weighted by Crippen LogP contribution is -2.25. The number of esters is 1. The summed E-state index contributed by atoms with van der Waals surface area (Å²) in [4.78, 5) is 40.1. The first kappa shape index (κ1) is 22.4. The molecule has 10 heteroatoms. The number of carbonyl (C=O) groups is 3. The molecule has 0 bridgehead atoms. The second-order valence-electron chi connectivity index (χ2n) is 6.55. The van der Waals surface area contributed by atoms with E-state index in [1.807, 2.05) is 0 Å². The monoisotopic (exact) mass is 445 g/mol. The number of ether oxygens (including phenoxy) is 3.